The molecule has 0 radical (unpaired) electrons. The molecule has 5 rings (SSSR count). The van der Waals surface area contributed by atoms with Gasteiger partial charge in [0.2, 0.25) is 16.0 Å². The summed E-state index contributed by atoms with van der Waals surface area (Å²) in [5.74, 6) is 1.01. The number of morpholine rings is 1. The largest absolute Gasteiger partial charge is 0.379 e. The molecule has 12 heteroatoms. The third kappa shape index (κ3) is 5.76. The summed E-state index contributed by atoms with van der Waals surface area (Å²) in [6.45, 7) is 3.94. The molecule has 194 valence electrons. The molecular weight excluding hydrogens is 480 g/mol. The highest BCUT2D eigenvalue weighted by Crippen LogP contribution is 2.32. The number of rotatable bonds is 8. The number of pyridine rings is 1. The molecule has 4 heterocycles. The number of fused-ring (bicyclic) bond motifs is 1. The van der Waals surface area contributed by atoms with Gasteiger partial charge in [-0.3, -0.25) is 14.3 Å². The van der Waals surface area contributed by atoms with E-state index >= 15 is 0 Å². The Morgan fingerprint density at radius 1 is 1.06 bits per heavy atom. The molecule has 1 saturated heterocycles. The molecule has 11 nitrogen and oxygen atoms in total. The molecule has 2 fully saturated rings. The second kappa shape index (κ2) is 11.1. The maximum absolute atomic E-state index is 12.6. The van der Waals surface area contributed by atoms with Crippen LogP contribution in [-0.4, -0.2) is 90.2 Å². The number of nitrogens with zero attached hydrogens (tertiary/aromatic N) is 7. The van der Waals surface area contributed by atoms with Crippen molar-refractivity contribution in [3.05, 3.63) is 30.7 Å². The standard InChI is InChI=1S/C24H34N8O3S/c1-36(33,34)31(11-10-30-12-14-35-15-13-30)22-9-8-21(18-25-22)32(20-6-4-2-3-5-7-20)24-26-16-19-17-27-29-23(19)28-24/h8-9,16-18,20H,2-7,10-15H2,1H3,(H,26,27,28,29). The molecule has 36 heavy (non-hydrogen) atoms. The van der Waals surface area contributed by atoms with Crippen molar-refractivity contribution in [1.29, 1.82) is 0 Å². The van der Waals surface area contributed by atoms with E-state index in [4.69, 9.17) is 9.72 Å². The zero-order valence-electron chi connectivity index (χ0n) is 20.7. The first-order chi connectivity index (χ1) is 17.5. The van der Waals surface area contributed by atoms with Crippen LogP contribution in [0.5, 0.6) is 0 Å². The summed E-state index contributed by atoms with van der Waals surface area (Å²) >= 11 is 0. The van der Waals surface area contributed by atoms with Gasteiger partial charge in [-0.2, -0.15) is 10.1 Å². The molecule has 1 N–H and O–H groups in total. The Morgan fingerprint density at radius 3 is 2.53 bits per heavy atom. The zero-order valence-corrected chi connectivity index (χ0v) is 21.5. The third-order valence-electron chi connectivity index (χ3n) is 6.97. The molecule has 0 amide bonds. The van der Waals surface area contributed by atoms with E-state index in [1.165, 1.54) is 23.4 Å². The summed E-state index contributed by atoms with van der Waals surface area (Å²) in [6.07, 6.45) is 13.3. The van der Waals surface area contributed by atoms with Gasteiger partial charge in [-0.1, -0.05) is 25.7 Å². The first-order valence-electron chi connectivity index (χ1n) is 12.7. The van der Waals surface area contributed by atoms with Gasteiger partial charge in [0.1, 0.15) is 5.82 Å². The Labute approximate surface area is 211 Å². The van der Waals surface area contributed by atoms with Gasteiger partial charge in [-0.15, -0.1) is 0 Å². The second-order valence-electron chi connectivity index (χ2n) is 9.52. The summed E-state index contributed by atoms with van der Waals surface area (Å²) in [5.41, 5.74) is 1.54. The maximum Gasteiger partial charge on any atom is 0.233 e. The Kier molecular flexibility index (Phi) is 7.63. The fraction of sp³-hybridized carbons (Fsp3) is 0.583. The monoisotopic (exact) mass is 514 g/mol. The van der Waals surface area contributed by atoms with Crippen LogP contribution in [-0.2, 0) is 14.8 Å². The van der Waals surface area contributed by atoms with Crippen LogP contribution >= 0.6 is 0 Å². The fourth-order valence-electron chi connectivity index (χ4n) is 5.03. The number of H-pyrrole nitrogens is 1. The van der Waals surface area contributed by atoms with Crippen molar-refractivity contribution in [2.75, 3.05) is 54.9 Å². The molecule has 0 unspecified atom stereocenters. The zero-order chi connectivity index (χ0) is 25.0. The molecule has 3 aromatic heterocycles. The van der Waals surface area contributed by atoms with E-state index in [9.17, 15) is 8.42 Å². The predicted octanol–water partition coefficient (Wildman–Crippen LogP) is 2.71. The average molecular weight is 515 g/mol. The molecule has 1 aliphatic heterocycles. The van der Waals surface area contributed by atoms with Crippen LogP contribution in [0.15, 0.2) is 30.7 Å². The van der Waals surface area contributed by atoms with Crippen LogP contribution in [0.3, 0.4) is 0 Å². The molecular formula is C24H34N8O3S. The highest BCUT2D eigenvalue weighted by molar-refractivity contribution is 7.92. The minimum absolute atomic E-state index is 0.243. The van der Waals surface area contributed by atoms with Gasteiger partial charge in [-0.05, 0) is 25.0 Å². The van der Waals surface area contributed by atoms with E-state index in [1.54, 1.807) is 24.7 Å². The van der Waals surface area contributed by atoms with E-state index in [-0.39, 0.29) is 6.04 Å². The van der Waals surface area contributed by atoms with Gasteiger partial charge in [0, 0.05) is 38.4 Å². The van der Waals surface area contributed by atoms with Gasteiger partial charge >= 0.3 is 0 Å². The first-order valence-corrected chi connectivity index (χ1v) is 14.5. The third-order valence-corrected chi connectivity index (χ3v) is 8.14. The molecule has 0 atom stereocenters. The number of sulfonamides is 1. The van der Waals surface area contributed by atoms with E-state index in [0.29, 0.717) is 43.7 Å². The van der Waals surface area contributed by atoms with Gasteiger partial charge in [0.05, 0.1) is 42.9 Å². The quantitative estimate of drug-likeness (QED) is 0.452. The fourth-order valence-corrected chi connectivity index (χ4v) is 5.89. The van der Waals surface area contributed by atoms with Crippen molar-refractivity contribution < 1.29 is 13.2 Å². The molecule has 2 aliphatic rings. The topological polar surface area (TPSA) is 120 Å². The minimum atomic E-state index is -3.48. The van der Waals surface area contributed by atoms with E-state index in [0.717, 1.165) is 49.8 Å². The van der Waals surface area contributed by atoms with Crippen molar-refractivity contribution in [1.82, 2.24) is 30.0 Å². The lowest BCUT2D eigenvalue weighted by atomic mass is 10.1. The number of ether oxygens (including phenoxy) is 1. The lowest BCUT2D eigenvalue weighted by Crippen LogP contribution is -2.43. The Balaban J connectivity index is 1.42. The predicted molar refractivity (Wildman–Crippen MR) is 139 cm³/mol. The number of aromatic nitrogens is 5. The van der Waals surface area contributed by atoms with Crippen LogP contribution in [0.4, 0.5) is 17.5 Å². The number of aromatic amines is 1. The number of hydrogen-bond donors (Lipinski definition) is 1. The smallest absolute Gasteiger partial charge is 0.233 e. The van der Waals surface area contributed by atoms with Gasteiger partial charge < -0.3 is 9.64 Å². The second-order valence-corrected chi connectivity index (χ2v) is 11.4. The van der Waals surface area contributed by atoms with E-state index < -0.39 is 10.0 Å². The highest BCUT2D eigenvalue weighted by Gasteiger charge is 2.26. The number of anilines is 3. The summed E-state index contributed by atoms with van der Waals surface area (Å²) in [6, 6.07) is 3.96. The van der Waals surface area contributed by atoms with Crippen LogP contribution in [0, 0.1) is 0 Å². The molecule has 3 aromatic rings. The number of nitrogens with one attached hydrogen (secondary N) is 1. The molecule has 0 bridgehead atoms. The SMILES string of the molecule is CS(=O)(=O)N(CCN1CCOCC1)c1ccc(N(c2ncc3cn[nH]c3n2)C2CCCCCC2)cn1. The van der Waals surface area contributed by atoms with Crippen molar-refractivity contribution in [2.45, 2.75) is 44.6 Å². The molecule has 0 spiro atoms. The van der Waals surface area contributed by atoms with Crippen LogP contribution in [0.1, 0.15) is 38.5 Å². The van der Waals surface area contributed by atoms with Gasteiger partial charge in [-0.25, -0.2) is 18.4 Å². The summed E-state index contributed by atoms with van der Waals surface area (Å²) in [5, 5.41) is 7.87. The lowest BCUT2D eigenvalue weighted by molar-refractivity contribution is 0.0395. The van der Waals surface area contributed by atoms with E-state index in [1.807, 2.05) is 6.07 Å². The van der Waals surface area contributed by atoms with Crippen LogP contribution < -0.4 is 9.21 Å². The van der Waals surface area contributed by atoms with Crippen molar-refractivity contribution in [3.8, 4) is 0 Å². The lowest BCUT2D eigenvalue weighted by Gasteiger charge is -2.32. The average Bonchev–Trinajstić information content (AvgIpc) is 3.19. The summed E-state index contributed by atoms with van der Waals surface area (Å²) in [7, 11) is -3.48. The first kappa shape index (κ1) is 24.8. The summed E-state index contributed by atoms with van der Waals surface area (Å²) in [4.78, 5) is 18.4. The Bertz CT molecular complexity index is 1240. The molecule has 1 saturated carbocycles. The molecule has 0 aromatic carbocycles. The van der Waals surface area contributed by atoms with Gasteiger partial charge in [0.25, 0.3) is 0 Å². The normalized spacial score (nSPS) is 18.2. The van der Waals surface area contributed by atoms with Crippen molar-refractivity contribution >= 4 is 38.5 Å². The maximum atomic E-state index is 12.6. The minimum Gasteiger partial charge on any atom is -0.379 e. The number of hydrogen-bond acceptors (Lipinski definition) is 9. The highest BCUT2D eigenvalue weighted by atomic mass is 32.2. The summed E-state index contributed by atoms with van der Waals surface area (Å²) < 4.78 is 32.0. The van der Waals surface area contributed by atoms with Crippen LogP contribution in [0.2, 0.25) is 0 Å². The van der Waals surface area contributed by atoms with Crippen molar-refractivity contribution in [2.24, 2.45) is 0 Å². The van der Waals surface area contributed by atoms with Crippen molar-refractivity contribution in [3.63, 3.8) is 0 Å². The molecule has 1 aliphatic carbocycles. The van der Waals surface area contributed by atoms with Gasteiger partial charge in [0.15, 0.2) is 5.65 Å². The Hall–Kier alpha value is -2.83. The van der Waals surface area contributed by atoms with E-state index in [2.05, 4.69) is 30.0 Å². The van der Waals surface area contributed by atoms with Crippen LogP contribution in [0.25, 0.3) is 11.0 Å². The Morgan fingerprint density at radius 2 is 1.83 bits per heavy atom.